The number of primary amides is 1. The third kappa shape index (κ3) is 5.86. The number of carbonyl (C=O) groups is 1. The molecule has 5 heteroatoms. The molecule has 4 N–H and O–H groups in total. The molecule has 5 nitrogen and oxygen atoms in total. The number of piperidine rings is 1. The van der Waals surface area contributed by atoms with Crippen molar-refractivity contribution < 1.29 is 9.90 Å². The molecule has 1 saturated heterocycles. The zero-order valence-corrected chi connectivity index (χ0v) is 14.0. The molecule has 0 aromatic rings. The van der Waals surface area contributed by atoms with E-state index < -0.39 is 0 Å². The van der Waals surface area contributed by atoms with Crippen LogP contribution in [0.4, 0.5) is 0 Å². The van der Waals surface area contributed by atoms with E-state index in [0.29, 0.717) is 24.5 Å². The van der Waals surface area contributed by atoms with Crippen LogP contribution in [0.15, 0.2) is 0 Å². The molecule has 2 rings (SSSR count). The van der Waals surface area contributed by atoms with Crippen molar-refractivity contribution in [3.05, 3.63) is 0 Å². The van der Waals surface area contributed by atoms with Crippen molar-refractivity contribution in [1.29, 1.82) is 0 Å². The van der Waals surface area contributed by atoms with E-state index >= 15 is 0 Å². The van der Waals surface area contributed by atoms with Gasteiger partial charge in [-0.05, 0) is 38.0 Å². The average molecular weight is 311 g/mol. The van der Waals surface area contributed by atoms with Crippen LogP contribution in [0, 0.1) is 5.92 Å². The van der Waals surface area contributed by atoms with Crippen LogP contribution < -0.4 is 11.1 Å². The molecule has 1 aliphatic carbocycles. The molecule has 2 aliphatic rings. The second kappa shape index (κ2) is 8.85. The molecule has 3 atom stereocenters. The van der Waals surface area contributed by atoms with Gasteiger partial charge in [0, 0.05) is 25.2 Å². The van der Waals surface area contributed by atoms with Crippen molar-refractivity contribution in [2.75, 3.05) is 19.6 Å². The fraction of sp³-hybridized carbons (Fsp3) is 0.941. The predicted octanol–water partition coefficient (Wildman–Crippen LogP) is 1.25. The van der Waals surface area contributed by atoms with E-state index in [1.807, 2.05) is 6.92 Å². The van der Waals surface area contributed by atoms with Crippen LogP contribution >= 0.6 is 0 Å². The first-order chi connectivity index (χ1) is 10.6. The minimum Gasteiger partial charge on any atom is -0.393 e. The summed E-state index contributed by atoms with van der Waals surface area (Å²) in [5.74, 6) is 0.192. The van der Waals surface area contributed by atoms with E-state index in [9.17, 15) is 9.90 Å². The summed E-state index contributed by atoms with van der Waals surface area (Å²) < 4.78 is 0. The molecular weight excluding hydrogens is 278 g/mol. The number of nitrogens with two attached hydrogens (primary N) is 1. The van der Waals surface area contributed by atoms with Gasteiger partial charge in [-0.25, -0.2) is 0 Å². The zero-order chi connectivity index (χ0) is 15.9. The Hall–Kier alpha value is -0.650. The van der Waals surface area contributed by atoms with Gasteiger partial charge in [-0.2, -0.15) is 0 Å². The summed E-state index contributed by atoms with van der Waals surface area (Å²) in [5.41, 5.74) is 5.38. The van der Waals surface area contributed by atoms with Gasteiger partial charge in [0.1, 0.15) is 0 Å². The molecule has 3 unspecified atom stereocenters. The smallest absolute Gasteiger partial charge is 0.231 e. The van der Waals surface area contributed by atoms with Crippen LogP contribution in [-0.4, -0.2) is 53.7 Å². The monoisotopic (exact) mass is 311 g/mol. The van der Waals surface area contributed by atoms with Crippen molar-refractivity contribution in [2.24, 2.45) is 11.7 Å². The number of carbonyl (C=O) groups excluding carboxylic acids is 1. The number of rotatable bonds is 7. The van der Waals surface area contributed by atoms with Crippen molar-refractivity contribution in [3.63, 3.8) is 0 Å². The van der Waals surface area contributed by atoms with Gasteiger partial charge >= 0.3 is 0 Å². The Morgan fingerprint density at radius 1 is 1.27 bits per heavy atom. The summed E-state index contributed by atoms with van der Waals surface area (Å²) in [4.78, 5) is 13.4. The number of hydrogen-bond donors (Lipinski definition) is 3. The highest BCUT2D eigenvalue weighted by Gasteiger charge is 2.30. The van der Waals surface area contributed by atoms with Gasteiger partial charge in [-0.3, -0.25) is 9.69 Å². The Bertz CT molecular complexity index is 345. The Morgan fingerprint density at radius 3 is 2.64 bits per heavy atom. The van der Waals surface area contributed by atoms with Crippen molar-refractivity contribution >= 4 is 5.91 Å². The second-order valence-electron chi connectivity index (χ2n) is 7.26. The van der Waals surface area contributed by atoms with E-state index in [-0.39, 0.29) is 12.0 Å². The maximum absolute atomic E-state index is 11.3. The molecule has 0 bridgehead atoms. The molecule has 2 fully saturated rings. The topological polar surface area (TPSA) is 78.6 Å². The summed E-state index contributed by atoms with van der Waals surface area (Å²) in [6.07, 6.45) is 9.06. The fourth-order valence-electron chi connectivity index (χ4n) is 4.10. The molecule has 1 amide bonds. The van der Waals surface area contributed by atoms with Crippen LogP contribution in [0.5, 0.6) is 0 Å². The molecule has 0 aromatic heterocycles. The lowest BCUT2D eigenvalue weighted by atomic mass is 9.87. The van der Waals surface area contributed by atoms with E-state index in [1.165, 1.54) is 32.1 Å². The van der Waals surface area contributed by atoms with Gasteiger partial charge in [0.25, 0.3) is 0 Å². The van der Waals surface area contributed by atoms with E-state index in [0.717, 1.165) is 32.4 Å². The maximum Gasteiger partial charge on any atom is 0.231 e. The van der Waals surface area contributed by atoms with Gasteiger partial charge in [0.15, 0.2) is 0 Å². The summed E-state index contributed by atoms with van der Waals surface area (Å²) in [6.45, 7) is 4.13. The lowest BCUT2D eigenvalue weighted by molar-refractivity contribution is -0.119. The Kier molecular flexibility index (Phi) is 7.12. The van der Waals surface area contributed by atoms with Crippen molar-refractivity contribution in [2.45, 2.75) is 76.5 Å². The van der Waals surface area contributed by atoms with E-state index in [1.54, 1.807) is 0 Å². The normalized spacial score (nSPS) is 29.4. The number of likely N-dealkylation sites (tertiary alicyclic amines) is 1. The molecule has 0 aromatic carbocycles. The van der Waals surface area contributed by atoms with E-state index in [2.05, 4.69) is 10.2 Å². The number of hydrogen-bond acceptors (Lipinski definition) is 4. The van der Waals surface area contributed by atoms with Crippen molar-refractivity contribution in [1.82, 2.24) is 10.2 Å². The average Bonchev–Trinajstić information content (AvgIpc) is 2.47. The van der Waals surface area contributed by atoms with Crippen LogP contribution in [-0.2, 0) is 4.79 Å². The number of aliphatic hydroxyl groups excluding tert-OH is 1. The highest BCUT2D eigenvalue weighted by atomic mass is 16.3. The summed E-state index contributed by atoms with van der Waals surface area (Å²) in [6, 6.07) is 1.05. The quantitative estimate of drug-likeness (QED) is 0.661. The molecule has 0 spiro atoms. The van der Waals surface area contributed by atoms with Crippen LogP contribution in [0.3, 0.4) is 0 Å². The first kappa shape index (κ1) is 17.7. The predicted molar refractivity (Wildman–Crippen MR) is 88.5 cm³/mol. The Balaban J connectivity index is 1.90. The Labute approximate surface area is 134 Å². The number of aliphatic hydroxyl groups is 1. The highest BCUT2D eigenvalue weighted by Crippen LogP contribution is 2.25. The third-order valence-corrected chi connectivity index (χ3v) is 5.15. The zero-order valence-electron chi connectivity index (χ0n) is 14.0. The van der Waals surface area contributed by atoms with E-state index in [4.69, 9.17) is 5.73 Å². The minimum atomic E-state index is -0.256. The summed E-state index contributed by atoms with van der Waals surface area (Å²) in [7, 11) is 0. The molecular formula is C17H33N3O2. The van der Waals surface area contributed by atoms with Gasteiger partial charge < -0.3 is 16.2 Å². The SMILES string of the molecule is CCC(O)CC1CC(NC2CCCCC2)CN(CC(N)=O)C1. The third-order valence-electron chi connectivity index (χ3n) is 5.15. The van der Waals surface area contributed by atoms with Gasteiger partial charge in [0.05, 0.1) is 12.6 Å². The maximum atomic E-state index is 11.3. The van der Waals surface area contributed by atoms with Crippen LogP contribution in [0.2, 0.25) is 0 Å². The second-order valence-corrected chi connectivity index (χ2v) is 7.26. The molecule has 128 valence electrons. The summed E-state index contributed by atoms with van der Waals surface area (Å²) >= 11 is 0. The van der Waals surface area contributed by atoms with Gasteiger partial charge in [-0.15, -0.1) is 0 Å². The van der Waals surface area contributed by atoms with Crippen molar-refractivity contribution in [3.8, 4) is 0 Å². The Morgan fingerprint density at radius 2 is 2.00 bits per heavy atom. The number of nitrogens with one attached hydrogen (secondary N) is 1. The van der Waals surface area contributed by atoms with Gasteiger partial charge in [0.2, 0.25) is 5.91 Å². The summed E-state index contributed by atoms with van der Waals surface area (Å²) in [5, 5.41) is 13.8. The first-order valence-corrected chi connectivity index (χ1v) is 9.01. The highest BCUT2D eigenvalue weighted by molar-refractivity contribution is 5.75. The molecule has 0 radical (unpaired) electrons. The standard InChI is InChI=1S/C17H33N3O2/c1-2-16(21)9-13-8-15(11-20(10-13)12-17(18)22)19-14-6-4-3-5-7-14/h13-16,19,21H,2-12H2,1H3,(H2,18,22). The largest absolute Gasteiger partial charge is 0.393 e. The number of nitrogens with zero attached hydrogens (tertiary/aromatic N) is 1. The molecule has 22 heavy (non-hydrogen) atoms. The molecule has 1 aliphatic heterocycles. The minimum absolute atomic E-state index is 0.228. The van der Waals surface area contributed by atoms with Crippen LogP contribution in [0.1, 0.15) is 58.3 Å². The van der Waals surface area contributed by atoms with Crippen LogP contribution in [0.25, 0.3) is 0 Å². The fourth-order valence-corrected chi connectivity index (χ4v) is 4.10. The number of amides is 1. The lowest BCUT2D eigenvalue weighted by Gasteiger charge is -2.40. The lowest BCUT2D eigenvalue weighted by Crippen LogP contribution is -2.54. The van der Waals surface area contributed by atoms with Gasteiger partial charge in [-0.1, -0.05) is 26.2 Å². The molecule has 1 heterocycles. The molecule has 1 saturated carbocycles. The first-order valence-electron chi connectivity index (χ1n) is 9.01.